The third kappa shape index (κ3) is 3.32. The molecule has 1 aromatic heterocycles. The molecule has 3 rings (SSSR count). The quantitative estimate of drug-likeness (QED) is 0.567. The summed E-state index contributed by atoms with van der Waals surface area (Å²) in [4.78, 5) is 16.1. The first-order valence-corrected chi connectivity index (χ1v) is 7.48. The van der Waals surface area contributed by atoms with Crippen molar-refractivity contribution < 1.29 is 22.3 Å². The summed E-state index contributed by atoms with van der Waals surface area (Å²) in [6, 6.07) is 7.27. The Balaban J connectivity index is 2.13. The van der Waals surface area contributed by atoms with Gasteiger partial charge in [-0.05, 0) is 36.8 Å². The summed E-state index contributed by atoms with van der Waals surface area (Å²) in [7, 11) is 0. The van der Waals surface area contributed by atoms with Gasteiger partial charge >= 0.3 is 6.36 Å². The van der Waals surface area contributed by atoms with Crippen molar-refractivity contribution in [3.8, 4) is 5.75 Å². The molecule has 1 atom stereocenters. The number of anilines is 1. The molecule has 0 radical (unpaired) electrons. The van der Waals surface area contributed by atoms with E-state index in [4.69, 9.17) is 5.73 Å². The second-order valence-corrected chi connectivity index (χ2v) is 5.60. The highest BCUT2D eigenvalue weighted by molar-refractivity contribution is 5.79. The number of benzene rings is 2. The average Bonchev–Trinajstić information content (AvgIpc) is 2.56. The number of nitrogen functional groups attached to an aromatic ring is 1. The Hall–Kier alpha value is -3.10. The zero-order valence-corrected chi connectivity index (χ0v) is 13.4. The van der Waals surface area contributed by atoms with Gasteiger partial charge in [0.2, 0.25) is 0 Å². The van der Waals surface area contributed by atoms with Crippen LogP contribution < -0.4 is 16.0 Å². The molecule has 0 aliphatic heterocycles. The van der Waals surface area contributed by atoms with Crippen molar-refractivity contribution in [3.05, 3.63) is 64.3 Å². The van der Waals surface area contributed by atoms with Gasteiger partial charge in [0.15, 0.2) is 5.82 Å². The highest BCUT2D eigenvalue weighted by Gasteiger charge is 2.31. The lowest BCUT2D eigenvalue weighted by molar-refractivity contribution is -0.274. The lowest BCUT2D eigenvalue weighted by Gasteiger charge is -2.19. The summed E-state index contributed by atoms with van der Waals surface area (Å²) >= 11 is 0. The van der Waals surface area contributed by atoms with Crippen LogP contribution in [0.25, 0.3) is 11.0 Å². The zero-order valence-electron chi connectivity index (χ0n) is 13.4. The molecule has 5 nitrogen and oxygen atoms in total. The third-order valence-electron chi connectivity index (χ3n) is 3.89. The van der Waals surface area contributed by atoms with Gasteiger partial charge in [-0.3, -0.25) is 9.36 Å². The topological polar surface area (TPSA) is 70.1 Å². The fraction of sp³-hybridized carbons (Fsp3) is 0.176. The second kappa shape index (κ2) is 6.32. The molecule has 0 bridgehead atoms. The minimum atomic E-state index is -4.83. The molecule has 2 N–H and O–H groups in total. The van der Waals surface area contributed by atoms with E-state index < -0.39 is 29.5 Å². The third-order valence-corrected chi connectivity index (χ3v) is 3.89. The first kappa shape index (κ1) is 17.7. The Kier molecular flexibility index (Phi) is 4.31. The van der Waals surface area contributed by atoms with Crippen LogP contribution in [-0.4, -0.2) is 15.9 Å². The van der Waals surface area contributed by atoms with E-state index in [-0.39, 0.29) is 16.7 Å². The number of halogens is 4. The Morgan fingerprint density at radius 1 is 1.23 bits per heavy atom. The number of aromatic nitrogens is 2. The fourth-order valence-electron chi connectivity index (χ4n) is 2.71. The molecule has 0 spiro atoms. The van der Waals surface area contributed by atoms with Gasteiger partial charge in [0.1, 0.15) is 11.3 Å². The second-order valence-electron chi connectivity index (χ2n) is 5.60. The number of ether oxygens (including phenoxy) is 1. The smallest absolute Gasteiger partial charge is 0.406 e. The van der Waals surface area contributed by atoms with Gasteiger partial charge in [0.25, 0.3) is 5.56 Å². The lowest BCUT2D eigenvalue weighted by atomic mass is 10.1. The molecular formula is C17H13F4N3O2. The van der Waals surface area contributed by atoms with Gasteiger partial charge in [-0.2, -0.15) is 0 Å². The Labute approximate surface area is 144 Å². The number of nitrogens with two attached hydrogens (primary N) is 1. The van der Waals surface area contributed by atoms with Crippen LogP contribution in [0.2, 0.25) is 0 Å². The monoisotopic (exact) mass is 367 g/mol. The molecule has 0 aliphatic carbocycles. The minimum absolute atomic E-state index is 0.0980. The van der Waals surface area contributed by atoms with Crippen molar-refractivity contribution >= 4 is 16.7 Å². The van der Waals surface area contributed by atoms with Crippen molar-refractivity contribution in [1.29, 1.82) is 0 Å². The van der Waals surface area contributed by atoms with Gasteiger partial charge < -0.3 is 10.5 Å². The van der Waals surface area contributed by atoms with E-state index in [2.05, 4.69) is 9.72 Å². The molecule has 0 unspecified atom stereocenters. The lowest BCUT2D eigenvalue weighted by Crippen LogP contribution is -2.25. The highest BCUT2D eigenvalue weighted by Crippen LogP contribution is 2.28. The zero-order chi connectivity index (χ0) is 19.1. The molecule has 2 aromatic carbocycles. The van der Waals surface area contributed by atoms with Crippen LogP contribution >= 0.6 is 0 Å². The van der Waals surface area contributed by atoms with E-state index in [1.165, 1.54) is 28.8 Å². The molecule has 0 saturated carbocycles. The van der Waals surface area contributed by atoms with Crippen LogP contribution in [0.4, 0.5) is 23.2 Å². The summed E-state index contributed by atoms with van der Waals surface area (Å²) in [5, 5.41) is 0. The number of hydrogen-bond donors (Lipinski definition) is 1. The van der Waals surface area contributed by atoms with E-state index in [1.54, 1.807) is 13.0 Å². The average molecular weight is 367 g/mol. The molecule has 9 heteroatoms. The first-order chi connectivity index (χ1) is 12.2. The SMILES string of the molecule is C[C@@H](c1cccc(OC(F)(F)F)c1)n1c(=O)cnc2c(F)c(N)ccc21. The molecule has 3 aromatic rings. The van der Waals surface area contributed by atoms with E-state index >= 15 is 0 Å². The van der Waals surface area contributed by atoms with Crippen molar-refractivity contribution in [3.63, 3.8) is 0 Å². The maximum absolute atomic E-state index is 14.2. The van der Waals surface area contributed by atoms with Crippen LogP contribution in [0.5, 0.6) is 5.75 Å². The largest absolute Gasteiger partial charge is 0.573 e. The van der Waals surface area contributed by atoms with Gasteiger partial charge in [-0.25, -0.2) is 9.37 Å². The van der Waals surface area contributed by atoms with E-state index in [0.717, 1.165) is 12.3 Å². The minimum Gasteiger partial charge on any atom is -0.406 e. The molecule has 0 fully saturated rings. The summed E-state index contributed by atoms with van der Waals surface area (Å²) in [5.41, 5.74) is 5.32. The number of fused-ring (bicyclic) bond motifs is 1. The molecule has 0 saturated heterocycles. The first-order valence-electron chi connectivity index (χ1n) is 7.48. The number of hydrogen-bond acceptors (Lipinski definition) is 4. The highest BCUT2D eigenvalue weighted by atomic mass is 19.4. The van der Waals surface area contributed by atoms with Crippen molar-refractivity contribution in [2.24, 2.45) is 0 Å². The van der Waals surface area contributed by atoms with Crippen LogP contribution in [0.15, 0.2) is 47.4 Å². The van der Waals surface area contributed by atoms with Crippen LogP contribution in [0.1, 0.15) is 18.5 Å². The summed E-state index contributed by atoms with van der Waals surface area (Å²) < 4.78 is 56.6. The number of rotatable bonds is 3. The van der Waals surface area contributed by atoms with Crippen LogP contribution in [-0.2, 0) is 0 Å². The standard InChI is InChI=1S/C17H13F4N3O2/c1-9(10-3-2-4-11(7-10)26-17(19,20)21)24-13-6-5-12(22)15(18)16(13)23-8-14(24)25/h2-9H,22H2,1H3/t9-/m0/s1. The van der Waals surface area contributed by atoms with Crippen molar-refractivity contribution in [1.82, 2.24) is 9.55 Å². The Bertz CT molecular complexity index is 1030. The van der Waals surface area contributed by atoms with Gasteiger partial charge in [0.05, 0.1) is 23.4 Å². The summed E-state index contributed by atoms with van der Waals surface area (Å²) in [5.74, 6) is -1.18. The maximum Gasteiger partial charge on any atom is 0.573 e. The van der Waals surface area contributed by atoms with Crippen LogP contribution in [0.3, 0.4) is 0 Å². The summed E-state index contributed by atoms with van der Waals surface area (Å²) in [6.45, 7) is 1.60. The Morgan fingerprint density at radius 3 is 2.65 bits per heavy atom. The summed E-state index contributed by atoms with van der Waals surface area (Å²) in [6.07, 6.45) is -3.89. The molecule has 0 aliphatic rings. The maximum atomic E-state index is 14.2. The van der Waals surface area contributed by atoms with Gasteiger partial charge in [-0.15, -0.1) is 13.2 Å². The number of nitrogens with zero attached hydrogens (tertiary/aromatic N) is 2. The predicted molar refractivity (Wildman–Crippen MR) is 87.3 cm³/mol. The number of alkyl halides is 3. The van der Waals surface area contributed by atoms with E-state index in [1.807, 2.05) is 0 Å². The van der Waals surface area contributed by atoms with E-state index in [9.17, 15) is 22.4 Å². The molecular weight excluding hydrogens is 354 g/mol. The van der Waals surface area contributed by atoms with Crippen molar-refractivity contribution in [2.45, 2.75) is 19.3 Å². The fourth-order valence-corrected chi connectivity index (χ4v) is 2.71. The Morgan fingerprint density at radius 2 is 1.96 bits per heavy atom. The van der Waals surface area contributed by atoms with E-state index in [0.29, 0.717) is 5.56 Å². The van der Waals surface area contributed by atoms with Gasteiger partial charge in [-0.1, -0.05) is 12.1 Å². The van der Waals surface area contributed by atoms with Gasteiger partial charge in [0, 0.05) is 0 Å². The predicted octanol–water partition coefficient (Wildman–Crippen LogP) is 3.63. The normalized spacial score (nSPS) is 13.0. The van der Waals surface area contributed by atoms with Crippen LogP contribution in [0, 0.1) is 5.82 Å². The molecule has 136 valence electrons. The molecule has 1 heterocycles. The molecule has 0 amide bonds. The molecule has 26 heavy (non-hydrogen) atoms. The van der Waals surface area contributed by atoms with Crippen molar-refractivity contribution in [2.75, 3.05) is 5.73 Å².